The van der Waals surface area contributed by atoms with Crippen LogP contribution in [0.1, 0.15) is 15.9 Å². The molecule has 9 heteroatoms. The number of anilines is 1. The second-order valence-corrected chi connectivity index (χ2v) is 5.03. The summed E-state index contributed by atoms with van der Waals surface area (Å²) in [5, 5.41) is 19.3. The van der Waals surface area contributed by atoms with Crippen LogP contribution >= 0.6 is 0 Å². The van der Waals surface area contributed by atoms with Crippen LogP contribution < -0.4 is 5.32 Å². The molecule has 0 bridgehead atoms. The largest absolute Gasteiger partial charge is 0.478 e. The van der Waals surface area contributed by atoms with Crippen LogP contribution in [0.3, 0.4) is 0 Å². The first-order valence-electron chi connectivity index (χ1n) is 7.09. The Balaban J connectivity index is 1.57. The third-order valence-corrected chi connectivity index (χ3v) is 3.16. The molecule has 3 rings (SSSR count). The summed E-state index contributed by atoms with van der Waals surface area (Å²) >= 11 is 0. The van der Waals surface area contributed by atoms with E-state index in [4.69, 9.17) is 5.11 Å². The van der Waals surface area contributed by atoms with Crippen LogP contribution in [0.4, 0.5) is 5.95 Å². The normalized spacial score (nSPS) is 10.5. The number of aromatic carboxylic acids is 1. The maximum atomic E-state index is 11.9. The van der Waals surface area contributed by atoms with Crippen molar-refractivity contribution in [3.05, 3.63) is 60.2 Å². The van der Waals surface area contributed by atoms with Crippen molar-refractivity contribution < 1.29 is 14.7 Å². The van der Waals surface area contributed by atoms with E-state index in [9.17, 15) is 9.59 Å². The van der Waals surface area contributed by atoms with E-state index in [0.717, 1.165) is 5.56 Å². The van der Waals surface area contributed by atoms with E-state index in [1.54, 1.807) is 4.68 Å². The summed E-state index contributed by atoms with van der Waals surface area (Å²) in [7, 11) is 0. The molecule has 2 aromatic heterocycles. The zero-order valence-electron chi connectivity index (χ0n) is 12.5. The highest BCUT2D eigenvalue weighted by atomic mass is 16.4. The van der Waals surface area contributed by atoms with Gasteiger partial charge in [-0.2, -0.15) is 5.10 Å². The van der Waals surface area contributed by atoms with Gasteiger partial charge in [-0.3, -0.25) is 14.8 Å². The summed E-state index contributed by atoms with van der Waals surface area (Å²) < 4.78 is 2.85. The van der Waals surface area contributed by atoms with Gasteiger partial charge in [0.25, 0.3) is 0 Å². The number of carboxylic acids is 1. The van der Waals surface area contributed by atoms with Crippen molar-refractivity contribution in [2.24, 2.45) is 0 Å². The Labute approximate surface area is 136 Å². The number of amides is 1. The number of aromatic nitrogens is 5. The molecule has 9 nitrogen and oxygen atoms in total. The van der Waals surface area contributed by atoms with Gasteiger partial charge in [0, 0.05) is 6.20 Å². The van der Waals surface area contributed by atoms with Crippen molar-refractivity contribution in [2.75, 3.05) is 5.32 Å². The fraction of sp³-hybridized carbons (Fsp3) is 0.133. The van der Waals surface area contributed by atoms with E-state index >= 15 is 0 Å². The van der Waals surface area contributed by atoms with Crippen LogP contribution in [0.2, 0.25) is 0 Å². The van der Waals surface area contributed by atoms with Crippen LogP contribution in [0.5, 0.6) is 0 Å². The van der Waals surface area contributed by atoms with E-state index in [1.807, 2.05) is 30.3 Å². The Morgan fingerprint density at radius 3 is 2.67 bits per heavy atom. The average molecular weight is 326 g/mol. The Kier molecular flexibility index (Phi) is 4.32. The molecule has 1 aromatic carbocycles. The van der Waals surface area contributed by atoms with Crippen molar-refractivity contribution in [1.29, 1.82) is 0 Å². The summed E-state index contributed by atoms with van der Waals surface area (Å²) in [6.45, 7) is 0.422. The van der Waals surface area contributed by atoms with Gasteiger partial charge in [0.15, 0.2) is 0 Å². The second-order valence-electron chi connectivity index (χ2n) is 5.03. The third kappa shape index (κ3) is 3.83. The molecule has 0 atom stereocenters. The van der Waals surface area contributed by atoms with Gasteiger partial charge in [-0.05, 0) is 5.56 Å². The molecular weight excluding hydrogens is 312 g/mol. The molecular formula is C15H14N6O3. The van der Waals surface area contributed by atoms with Crippen LogP contribution in [0.25, 0.3) is 0 Å². The minimum absolute atomic E-state index is 0.0214. The minimum atomic E-state index is -1.09. The number of hydrogen-bond acceptors (Lipinski definition) is 5. The van der Waals surface area contributed by atoms with Crippen molar-refractivity contribution in [3.63, 3.8) is 0 Å². The molecule has 1 amide bonds. The van der Waals surface area contributed by atoms with Gasteiger partial charge in [0.05, 0.1) is 18.3 Å². The summed E-state index contributed by atoms with van der Waals surface area (Å²) in [5.41, 5.74) is 1.09. The topological polar surface area (TPSA) is 115 Å². The molecule has 122 valence electrons. The summed E-state index contributed by atoms with van der Waals surface area (Å²) in [4.78, 5) is 26.7. The van der Waals surface area contributed by atoms with Crippen LogP contribution in [-0.4, -0.2) is 41.5 Å². The molecule has 0 radical (unpaired) electrons. The minimum Gasteiger partial charge on any atom is -0.478 e. The van der Waals surface area contributed by atoms with E-state index in [-0.39, 0.29) is 18.1 Å². The van der Waals surface area contributed by atoms with Gasteiger partial charge in [0.1, 0.15) is 12.9 Å². The van der Waals surface area contributed by atoms with Crippen LogP contribution in [0, 0.1) is 0 Å². The van der Waals surface area contributed by atoms with E-state index in [1.165, 1.54) is 23.4 Å². The van der Waals surface area contributed by atoms with Gasteiger partial charge in [-0.1, -0.05) is 30.3 Å². The lowest BCUT2D eigenvalue weighted by Crippen LogP contribution is -2.20. The fourth-order valence-corrected chi connectivity index (χ4v) is 2.07. The van der Waals surface area contributed by atoms with E-state index in [0.29, 0.717) is 6.54 Å². The molecule has 0 saturated heterocycles. The number of nitrogens with one attached hydrogen (secondary N) is 1. The zero-order chi connectivity index (χ0) is 16.9. The Morgan fingerprint density at radius 2 is 1.96 bits per heavy atom. The van der Waals surface area contributed by atoms with Gasteiger partial charge in [0.2, 0.25) is 11.9 Å². The zero-order valence-corrected chi connectivity index (χ0v) is 12.5. The highest BCUT2D eigenvalue weighted by molar-refractivity contribution is 5.89. The van der Waals surface area contributed by atoms with Gasteiger partial charge in [-0.25, -0.2) is 14.5 Å². The summed E-state index contributed by atoms with van der Waals surface area (Å²) in [5.74, 6) is -1.31. The standard InChI is InChI=1S/C15H14N6O3/c22-13(9-20-8-12(6-17-20)14(23)24)18-15-16-10-21(19-15)7-11-4-2-1-3-5-11/h1-6,8,10H,7,9H2,(H,23,24)(H,18,19,22). The molecule has 0 fully saturated rings. The predicted molar refractivity (Wildman–Crippen MR) is 83.4 cm³/mol. The maximum Gasteiger partial charge on any atom is 0.338 e. The monoisotopic (exact) mass is 326 g/mol. The van der Waals surface area contributed by atoms with Crippen LogP contribution in [0.15, 0.2) is 49.1 Å². The first-order valence-corrected chi connectivity index (χ1v) is 7.09. The molecule has 2 N–H and O–H groups in total. The van der Waals surface area contributed by atoms with Crippen molar-refractivity contribution >= 4 is 17.8 Å². The molecule has 0 spiro atoms. The Morgan fingerprint density at radius 1 is 1.17 bits per heavy atom. The lowest BCUT2D eigenvalue weighted by Gasteiger charge is -2.02. The van der Waals surface area contributed by atoms with Crippen molar-refractivity contribution in [1.82, 2.24) is 24.5 Å². The lowest BCUT2D eigenvalue weighted by atomic mass is 10.2. The maximum absolute atomic E-state index is 11.9. The van der Waals surface area contributed by atoms with Gasteiger partial charge < -0.3 is 5.11 Å². The number of rotatable bonds is 6. The number of benzene rings is 1. The quantitative estimate of drug-likeness (QED) is 0.694. The molecule has 0 aliphatic heterocycles. The van der Waals surface area contributed by atoms with Crippen LogP contribution in [-0.2, 0) is 17.9 Å². The number of hydrogen-bond donors (Lipinski definition) is 2. The molecule has 3 aromatic rings. The van der Waals surface area contributed by atoms with Gasteiger partial charge in [-0.15, -0.1) is 5.10 Å². The van der Waals surface area contributed by atoms with Crippen molar-refractivity contribution in [3.8, 4) is 0 Å². The number of carboxylic acid groups (broad SMARTS) is 1. The van der Waals surface area contributed by atoms with E-state index in [2.05, 4.69) is 20.5 Å². The van der Waals surface area contributed by atoms with Gasteiger partial charge >= 0.3 is 5.97 Å². The van der Waals surface area contributed by atoms with Crippen molar-refractivity contribution in [2.45, 2.75) is 13.1 Å². The Bertz CT molecular complexity index is 855. The summed E-state index contributed by atoms with van der Waals surface area (Å²) in [6, 6.07) is 9.74. The molecule has 0 saturated carbocycles. The third-order valence-electron chi connectivity index (χ3n) is 3.16. The fourth-order valence-electron chi connectivity index (χ4n) is 2.07. The average Bonchev–Trinajstić information content (AvgIpc) is 3.18. The molecule has 2 heterocycles. The number of carbonyl (C=O) groups is 2. The predicted octanol–water partition coefficient (Wildman–Crippen LogP) is 0.860. The molecule has 0 unspecified atom stereocenters. The number of nitrogens with zero attached hydrogens (tertiary/aromatic N) is 5. The second kappa shape index (κ2) is 6.73. The first kappa shape index (κ1) is 15.4. The highest BCUT2D eigenvalue weighted by Crippen LogP contribution is 2.04. The summed E-state index contributed by atoms with van der Waals surface area (Å²) in [6.07, 6.45) is 3.99. The first-order chi connectivity index (χ1) is 11.6. The smallest absolute Gasteiger partial charge is 0.338 e. The van der Waals surface area contributed by atoms with E-state index < -0.39 is 11.9 Å². The Hall–Kier alpha value is -3.49. The lowest BCUT2D eigenvalue weighted by molar-refractivity contribution is -0.117. The SMILES string of the molecule is O=C(Cn1cc(C(=O)O)cn1)Nc1ncn(Cc2ccccc2)n1. The number of carbonyl (C=O) groups excluding carboxylic acids is 1. The molecule has 24 heavy (non-hydrogen) atoms. The molecule has 0 aliphatic rings. The highest BCUT2D eigenvalue weighted by Gasteiger charge is 2.11. The molecule has 0 aliphatic carbocycles.